The van der Waals surface area contributed by atoms with Gasteiger partial charge in [0.15, 0.2) is 0 Å². The molecule has 0 aliphatic heterocycles. The van der Waals surface area contributed by atoms with Crippen molar-refractivity contribution in [3.63, 3.8) is 0 Å². The van der Waals surface area contributed by atoms with E-state index in [2.05, 4.69) is 11.9 Å². The summed E-state index contributed by atoms with van der Waals surface area (Å²) in [6.45, 7) is 4.03. The highest BCUT2D eigenvalue weighted by Gasteiger charge is 2.36. The Labute approximate surface area is 108 Å². The first-order chi connectivity index (χ1) is 8.49. The second-order valence-electron chi connectivity index (χ2n) is 5.01. The monoisotopic (exact) mass is 254 g/mol. The van der Waals surface area contributed by atoms with Crippen LogP contribution in [0.2, 0.25) is 0 Å². The zero-order chi connectivity index (χ0) is 13.6. The molecule has 0 aromatic heterocycles. The summed E-state index contributed by atoms with van der Waals surface area (Å²) in [5.74, 6) is -0.858. The number of amides is 2. The van der Waals surface area contributed by atoms with Crippen LogP contribution in [0.4, 0.5) is 4.79 Å². The van der Waals surface area contributed by atoms with E-state index in [1.807, 2.05) is 0 Å². The normalized spacial score (nSPS) is 17.8. The van der Waals surface area contributed by atoms with Crippen LogP contribution in [0.3, 0.4) is 0 Å². The van der Waals surface area contributed by atoms with Crippen LogP contribution in [-0.2, 0) is 4.79 Å². The molecule has 0 atom stereocenters. The fourth-order valence-electron chi connectivity index (χ4n) is 2.46. The minimum atomic E-state index is -0.858. The van der Waals surface area contributed by atoms with Gasteiger partial charge in [-0.15, -0.1) is 6.58 Å². The Kier molecular flexibility index (Phi) is 5.19. The Balaban J connectivity index is 2.68. The molecular weight excluding hydrogens is 232 g/mol. The minimum absolute atomic E-state index is 0.000664. The molecule has 0 radical (unpaired) electrons. The van der Waals surface area contributed by atoms with Gasteiger partial charge in [0.25, 0.3) is 0 Å². The van der Waals surface area contributed by atoms with Crippen LogP contribution >= 0.6 is 0 Å². The highest BCUT2D eigenvalue weighted by atomic mass is 16.4. The van der Waals surface area contributed by atoms with Crippen LogP contribution in [0.15, 0.2) is 12.7 Å². The van der Waals surface area contributed by atoms with E-state index < -0.39 is 11.5 Å². The molecule has 1 aliphatic rings. The first-order valence-corrected chi connectivity index (χ1v) is 6.35. The fraction of sp³-hybridized carbons (Fsp3) is 0.692. The number of carbonyl (C=O) groups is 2. The van der Waals surface area contributed by atoms with Crippen LogP contribution in [-0.4, -0.2) is 41.1 Å². The maximum absolute atomic E-state index is 12.0. The van der Waals surface area contributed by atoms with E-state index in [4.69, 9.17) is 5.11 Å². The molecule has 5 nitrogen and oxygen atoms in total. The van der Waals surface area contributed by atoms with Gasteiger partial charge in [-0.3, -0.25) is 4.79 Å². The Morgan fingerprint density at radius 2 is 2.00 bits per heavy atom. The Morgan fingerprint density at radius 3 is 2.50 bits per heavy atom. The molecule has 1 aliphatic carbocycles. The van der Waals surface area contributed by atoms with Crippen molar-refractivity contribution in [1.29, 1.82) is 0 Å². The van der Waals surface area contributed by atoms with E-state index in [1.54, 1.807) is 13.1 Å². The summed E-state index contributed by atoms with van der Waals surface area (Å²) in [6, 6.07) is -0.224. The van der Waals surface area contributed by atoms with Crippen LogP contribution in [0.1, 0.15) is 38.5 Å². The molecule has 18 heavy (non-hydrogen) atoms. The number of rotatable bonds is 5. The van der Waals surface area contributed by atoms with Crippen molar-refractivity contribution >= 4 is 12.0 Å². The topological polar surface area (TPSA) is 69.6 Å². The molecule has 2 amide bonds. The van der Waals surface area contributed by atoms with Gasteiger partial charge in [0.05, 0.1) is 12.0 Å². The first-order valence-electron chi connectivity index (χ1n) is 6.35. The molecule has 1 rings (SSSR count). The van der Waals surface area contributed by atoms with Crippen molar-refractivity contribution in [2.45, 2.75) is 44.1 Å². The Bertz CT molecular complexity index is 322. The lowest BCUT2D eigenvalue weighted by Crippen LogP contribution is -2.54. The van der Waals surface area contributed by atoms with Gasteiger partial charge in [-0.05, 0) is 12.8 Å². The molecule has 0 spiro atoms. The lowest BCUT2D eigenvalue weighted by atomic mass is 9.79. The van der Waals surface area contributed by atoms with Crippen molar-refractivity contribution in [3.8, 4) is 0 Å². The number of carboxylic acids is 1. The molecule has 0 heterocycles. The van der Waals surface area contributed by atoms with Crippen LogP contribution in [0, 0.1) is 0 Å². The van der Waals surface area contributed by atoms with Gasteiger partial charge >= 0.3 is 12.0 Å². The predicted molar refractivity (Wildman–Crippen MR) is 69.4 cm³/mol. The maximum atomic E-state index is 12.0. The van der Waals surface area contributed by atoms with Gasteiger partial charge in [-0.25, -0.2) is 4.79 Å². The molecule has 2 N–H and O–H groups in total. The number of likely N-dealkylation sites (N-methyl/N-ethyl adjacent to an activating group) is 1. The summed E-state index contributed by atoms with van der Waals surface area (Å²) in [5.41, 5.74) is -0.573. The second-order valence-corrected chi connectivity index (χ2v) is 5.01. The van der Waals surface area contributed by atoms with Gasteiger partial charge in [-0.1, -0.05) is 25.3 Å². The first kappa shape index (κ1) is 14.5. The van der Waals surface area contributed by atoms with E-state index in [-0.39, 0.29) is 12.5 Å². The summed E-state index contributed by atoms with van der Waals surface area (Å²) < 4.78 is 0. The van der Waals surface area contributed by atoms with E-state index in [0.29, 0.717) is 6.54 Å². The van der Waals surface area contributed by atoms with E-state index >= 15 is 0 Å². The zero-order valence-corrected chi connectivity index (χ0v) is 10.9. The SMILES string of the molecule is C=CCN(C)C(=O)NC1(CC(=O)O)CCCCC1. The van der Waals surface area contributed by atoms with E-state index in [1.165, 1.54) is 4.90 Å². The van der Waals surface area contributed by atoms with Gasteiger partial charge in [0.2, 0.25) is 0 Å². The number of hydrogen-bond acceptors (Lipinski definition) is 2. The summed E-state index contributed by atoms with van der Waals surface area (Å²) in [5, 5.41) is 11.9. The van der Waals surface area contributed by atoms with Gasteiger partial charge < -0.3 is 15.3 Å². The summed E-state index contributed by atoms with van der Waals surface area (Å²) >= 11 is 0. The fourth-order valence-corrected chi connectivity index (χ4v) is 2.46. The molecule has 0 bridgehead atoms. The number of urea groups is 1. The molecule has 0 aromatic rings. The van der Waals surface area contributed by atoms with Crippen LogP contribution < -0.4 is 5.32 Å². The molecule has 0 saturated heterocycles. The third-order valence-corrected chi connectivity index (χ3v) is 3.42. The second kappa shape index (κ2) is 6.42. The van der Waals surface area contributed by atoms with Gasteiger partial charge in [-0.2, -0.15) is 0 Å². The third-order valence-electron chi connectivity index (χ3n) is 3.42. The molecule has 0 unspecified atom stereocenters. The zero-order valence-electron chi connectivity index (χ0n) is 10.9. The van der Waals surface area contributed by atoms with Gasteiger partial charge in [0.1, 0.15) is 0 Å². The molecular formula is C13H22N2O3. The number of hydrogen-bond donors (Lipinski definition) is 2. The lowest BCUT2D eigenvalue weighted by Gasteiger charge is -2.38. The molecule has 1 saturated carbocycles. The molecule has 1 fully saturated rings. The summed E-state index contributed by atoms with van der Waals surface area (Å²) in [7, 11) is 1.67. The van der Waals surface area contributed by atoms with Gasteiger partial charge in [0, 0.05) is 13.6 Å². The van der Waals surface area contributed by atoms with Crippen molar-refractivity contribution in [1.82, 2.24) is 10.2 Å². The summed E-state index contributed by atoms with van der Waals surface area (Å²) in [4.78, 5) is 24.4. The lowest BCUT2D eigenvalue weighted by molar-refractivity contribution is -0.139. The third kappa shape index (κ3) is 4.05. The van der Waals surface area contributed by atoms with E-state index in [0.717, 1.165) is 32.1 Å². The number of aliphatic carboxylic acids is 1. The Morgan fingerprint density at radius 1 is 1.39 bits per heavy atom. The average molecular weight is 254 g/mol. The molecule has 5 heteroatoms. The summed E-state index contributed by atoms with van der Waals surface area (Å²) in [6.07, 6.45) is 6.18. The predicted octanol–water partition coefficient (Wildman–Crippen LogP) is 1.99. The number of carboxylic acid groups (broad SMARTS) is 1. The highest BCUT2D eigenvalue weighted by Crippen LogP contribution is 2.31. The largest absolute Gasteiger partial charge is 0.481 e. The standard InChI is InChI=1S/C13H22N2O3/c1-3-9-15(2)12(18)14-13(10-11(16)17)7-5-4-6-8-13/h3H,1,4-10H2,2H3,(H,14,18)(H,16,17). The van der Waals surface area contributed by atoms with E-state index in [9.17, 15) is 9.59 Å². The minimum Gasteiger partial charge on any atom is -0.481 e. The molecule has 0 aromatic carbocycles. The van der Waals surface area contributed by atoms with Crippen molar-refractivity contribution in [3.05, 3.63) is 12.7 Å². The average Bonchev–Trinajstić information content (AvgIpc) is 2.29. The number of nitrogens with one attached hydrogen (secondary N) is 1. The maximum Gasteiger partial charge on any atom is 0.317 e. The van der Waals surface area contributed by atoms with Crippen molar-refractivity contribution in [2.24, 2.45) is 0 Å². The number of nitrogens with zero attached hydrogens (tertiary/aromatic N) is 1. The smallest absolute Gasteiger partial charge is 0.317 e. The van der Waals surface area contributed by atoms with Crippen LogP contribution in [0.5, 0.6) is 0 Å². The highest BCUT2D eigenvalue weighted by molar-refractivity contribution is 5.76. The van der Waals surface area contributed by atoms with Crippen molar-refractivity contribution in [2.75, 3.05) is 13.6 Å². The molecule has 102 valence electrons. The van der Waals surface area contributed by atoms with Crippen molar-refractivity contribution < 1.29 is 14.7 Å². The Hall–Kier alpha value is -1.52. The quantitative estimate of drug-likeness (QED) is 0.737. The number of carbonyl (C=O) groups excluding carboxylic acids is 1. The van der Waals surface area contributed by atoms with Crippen LogP contribution in [0.25, 0.3) is 0 Å².